The van der Waals surface area contributed by atoms with Crippen molar-refractivity contribution in [1.29, 1.82) is 0 Å². The van der Waals surface area contributed by atoms with Gasteiger partial charge in [-0.15, -0.1) is 0 Å². The van der Waals surface area contributed by atoms with E-state index in [2.05, 4.69) is 6.92 Å². The van der Waals surface area contributed by atoms with E-state index < -0.39 is 5.97 Å². The lowest BCUT2D eigenvalue weighted by Gasteiger charge is -1.93. The van der Waals surface area contributed by atoms with E-state index in [-0.39, 0.29) is 0 Å². The molecule has 0 aromatic heterocycles. The van der Waals surface area contributed by atoms with Crippen LogP contribution in [0.3, 0.4) is 0 Å². The Kier molecular flexibility index (Phi) is 5.53. The first-order chi connectivity index (χ1) is 5.18. The van der Waals surface area contributed by atoms with Crippen molar-refractivity contribution in [3.8, 4) is 0 Å². The summed E-state index contributed by atoms with van der Waals surface area (Å²) in [5.74, 6) is -0.804. The molecule has 0 saturated heterocycles. The summed E-state index contributed by atoms with van der Waals surface area (Å²) in [7, 11) is 0. The maximum atomic E-state index is 10.3. The van der Waals surface area contributed by atoms with E-state index in [9.17, 15) is 4.79 Å². The largest absolute Gasteiger partial charge is 0.478 e. The summed E-state index contributed by atoms with van der Waals surface area (Å²) >= 11 is 0. The first-order valence-corrected chi connectivity index (χ1v) is 4.08. The van der Waals surface area contributed by atoms with Gasteiger partial charge in [0, 0.05) is 5.57 Å². The molecule has 0 aromatic carbocycles. The third kappa shape index (κ3) is 5.64. The van der Waals surface area contributed by atoms with Gasteiger partial charge in [-0.2, -0.15) is 0 Å². The van der Waals surface area contributed by atoms with Crippen molar-refractivity contribution in [2.45, 2.75) is 39.5 Å². The molecule has 0 spiro atoms. The van der Waals surface area contributed by atoms with Crippen LogP contribution in [0, 0.1) is 0 Å². The number of carboxylic acids is 1. The second-order valence-corrected chi connectivity index (χ2v) is 2.69. The molecule has 0 saturated carbocycles. The molecule has 0 rings (SSSR count). The molecular formula is C9H16O2. The molecule has 0 bridgehead atoms. The predicted molar refractivity (Wildman–Crippen MR) is 45.5 cm³/mol. The number of carbonyl (C=O) groups is 1. The maximum Gasteiger partial charge on any atom is 0.330 e. The highest BCUT2D eigenvalue weighted by atomic mass is 16.4. The molecule has 0 atom stereocenters. The normalized spacial score (nSPS) is 11.6. The minimum absolute atomic E-state index is 0.459. The highest BCUT2D eigenvalue weighted by Crippen LogP contribution is 2.02. The number of rotatable bonds is 5. The van der Waals surface area contributed by atoms with Gasteiger partial charge in [-0.25, -0.2) is 4.79 Å². The van der Waals surface area contributed by atoms with E-state index in [1.807, 2.05) is 0 Å². The zero-order valence-corrected chi connectivity index (χ0v) is 7.26. The second kappa shape index (κ2) is 5.96. The number of allylic oxidation sites excluding steroid dienone is 1. The quantitative estimate of drug-likeness (QED) is 0.490. The molecule has 2 heteroatoms. The van der Waals surface area contributed by atoms with Crippen LogP contribution in [0.1, 0.15) is 39.5 Å². The average molecular weight is 156 g/mol. The Morgan fingerprint density at radius 1 is 1.45 bits per heavy atom. The maximum absolute atomic E-state index is 10.3. The zero-order valence-electron chi connectivity index (χ0n) is 7.26. The number of carboxylic acid groups (broad SMARTS) is 1. The summed E-state index contributed by atoms with van der Waals surface area (Å²) in [5, 5.41) is 8.47. The fraction of sp³-hybridized carbons (Fsp3) is 0.667. The molecule has 0 aromatic rings. The van der Waals surface area contributed by atoms with Crippen LogP contribution in [0.15, 0.2) is 11.6 Å². The van der Waals surface area contributed by atoms with Crippen LogP contribution in [0.4, 0.5) is 0 Å². The fourth-order valence-electron chi connectivity index (χ4n) is 0.800. The predicted octanol–water partition coefficient (Wildman–Crippen LogP) is 2.60. The van der Waals surface area contributed by atoms with Gasteiger partial charge in [-0.1, -0.05) is 25.8 Å². The van der Waals surface area contributed by atoms with Crippen molar-refractivity contribution in [2.75, 3.05) is 0 Å². The van der Waals surface area contributed by atoms with E-state index in [4.69, 9.17) is 5.11 Å². The Morgan fingerprint density at radius 3 is 2.55 bits per heavy atom. The fourth-order valence-corrected chi connectivity index (χ4v) is 0.800. The lowest BCUT2D eigenvalue weighted by molar-refractivity contribution is -0.132. The molecule has 0 fully saturated rings. The highest BCUT2D eigenvalue weighted by molar-refractivity contribution is 5.85. The molecule has 64 valence electrons. The summed E-state index contributed by atoms with van der Waals surface area (Å²) in [6.45, 7) is 3.77. The second-order valence-electron chi connectivity index (χ2n) is 2.69. The van der Waals surface area contributed by atoms with Crippen LogP contribution in [0.2, 0.25) is 0 Å². The van der Waals surface area contributed by atoms with Crippen LogP contribution in [-0.4, -0.2) is 11.1 Å². The molecular weight excluding hydrogens is 140 g/mol. The summed E-state index contributed by atoms with van der Waals surface area (Å²) in [4.78, 5) is 10.3. The zero-order chi connectivity index (χ0) is 8.69. The van der Waals surface area contributed by atoms with Gasteiger partial charge in [0.15, 0.2) is 0 Å². The number of unbranched alkanes of at least 4 members (excludes halogenated alkanes) is 3. The van der Waals surface area contributed by atoms with Gasteiger partial charge in [0.25, 0.3) is 0 Å². The number of hydrogen-bond donors (Lipinski definition) is 1. The Bertz CT molecular complexity index is 148. The van der Waals surface area contributed by atoms with Crippen LogP contribution in [-0.2, 0) is 4.79 Å². The van der Waals surface area contributed by atoms with Crippen LogP contribution in [0.25, 0.3) is 0 Å². The number of aliphatic carboxylic acids is 1. The monoisotopic (exact) mass is 156 g/mol. The van der Waals surface area contributed by atoms with Gasteiger partial charge < -0.3 is 5.11 Å². The van der Waals surface area contributed by atoms with Crippen molar-refractivity contribution in [2.24, 2.45) is 0 Å². The average Bonchev–Trinajstić information content (AvgIpc) is 1.97. The lowest BCUT2D eigenvalue weighted by Crippen LogP contribution is -1.95. The van der Waals surface area contributed by atoms with Crippen molar-refractivity contribution >= 4 is 5.97 Å². The van der Waals surface area contributed by atoms with E-state index in [1.54, 1.807) is 13.0 Å². The Hall–Kier alpha value is -0.790. The number of hydrogen-bond acceptors (Lipinski definition) is 1. The van der Waals surface area contributed by atoms with Crippen molar-refractivity contribution < 1.29 is 9.90 Å². The van der Waals surface area contributed by atoms with E-state index >= 15 is 0 Å². The van der Waals surface area contributed by atoms with Gasteiger partial charge in [0.05, 0.1) is 0 Å². The standard InChI is InChI=1S/C9H16O2/c1-3-4-5-6-7-8(2)9(10)11/h7H,3-6H2,1-2H3,(H,10,11)/b8-7+. The van der Waals surface area contributed by atoms with E-state index in [1.165, 1.54) is 12.8 Å². The molecule has 0 radical (unpaired) electrons. The molecule has 0 aliphatic heterocycles. The first-order valence-electron chi connectivity index (χ1n) is 4.08. The first kappa shape index (κ1) is 10.2. The Labute approximate surface area is 67.9 Å². The van der Waals surface area contributed by atoms with Gasteiger partial charge >= 0.3 is 5.97 Å². The molecule has 0 aliphatic rings. The Morgan fingerprint density at radius 2 is 2.09 bits per heavy atom. The van der Waals surface area contributed by atoms with Crippen molar-refractivity contribution in [1.82, 2.24) is 0 Å². The van der Waals surface area contributed by atoms with Gasteiger partial charge in [0.1, 0.15) is 0 Å². The van der Waals surface area contributed by atoms with Gasteiger partial charge in [-0.05, 0) is 19.8 Å². The summed E-state index contributed by atoms with van der Waals surface area (Å²) in [6.07, 6.45) is 6.15. The minimum Gasteiger partial charge on any atom is -0.478 e. The minimum atomic E-state index is -0.804. The Balaban J connectivity index is 3.48. The molecule has 1 N–H and O–H groups in total. The summed E-state index contributed by atoms with van der Waals surface area (Å²) in [5.41, 5.74) is 0.459. The molecule has 0 heterocycles. The summed E-state index contributed by atoms with van der Waals surface area (Å²) < 4.78 is 0. The topological polar surface area (TPSA) is 37.3 Å². The lowest BCUT2D eigenvalue weighted by atomic mass is 10.1. The summed E-state index contributed by atoms with van der Waals surface area (Å²) in [6, 6.07) is 0. The highest BCUT2D eigenvalue weighted by Gasteiger charge is 1.96. The van der Waals surface area contributed by atoms with E-state index in [0.717, 1.165) is 12.8 Å². The molecule has 0 amide bonds. The van der Waals surface area contributed by atoms with E-state index in [0.29, 0.717) is 5.57 Å². The molecule has 2 nitrogen and oxygen atoms in total. The van der Waals surface area contributed by atoms with Crippen LogP contribution < -0.4 is 0 Å². The molecule has 0 unspecified atom stereocenters. The third-order valence-corrected chi connectivity index (χ3v) is 1.60. The SMILES string of the molecule is CCCCC/C=C(\C)C(=O)O. The van der Waals surface area contributed by atoms with Crippen molar-refractivity contribution in [3.05, 3.63) is 11.6 Å². The smallest absolute Gasteiger partial charge is 0.330 e. The van der Waals surface area contributed by atoms with Crippen LogP contribution in [0.5, 0.6) is 0 Å². The van der Waals surface area contributed by atoms with Crippen LogP contribution >= 0.6 is 0 Å². The molecule has 0 aliphatic carbocycles. The van der Waals surface area contributed by atoms with Gasteiger partial charge in [-0.3, -0.25) is 0 Å². The third-order valence-electron chi connectivity index (χ3n) is 1.60. The molecule has 11 heavy (non-hydrogen) atoms. The van der Waals surface area contributed by atoms with Crippen molar-refractivity contribution in [3.63, 3.8) is 0 Å². The van der Waals surface area contributed by atoms with Gasteiger partial charge in [0.2, 0.25) is 0 Å².